The van der Waals surface area contributed by atoms with Crippen molar-refractivity contribution in [2.45, 2.75) is 6.92 Å². The first-order chi connectivity index (χ1) is 14.5. The molecule has 0 unspecified atom stereocenters. The Morgan fingerprint density at radius 2 is 1.60 bits per heavy atom. The number of hydrogen-bond acceptors (Lipinski definition) is 5. The second-order valence-corrected chi connectivity index (χ2v) is 6.34. The average Bonchev–Trinajstić information content (AvgIpc) is 2.74. The van der Waals surface area contributed by atoms with Crippen molar-refractivity contribution in [3.8, 4) is 29.1 Å². The van der Waals surface area contributed by atoms with Crippen LogP contribution in [0, 0.1) is 18.3 Å². The van der Waals surface area contributed by atoms with Gasteiger partial charge in [0.2, 0.25) is 0 Å². The fourth-order valence-electron chi connectivity index (χ4n) is 2.83. The van der Waals surface area contributed by atoms with Gasteiger partial charge in [0.05, 0.1) is 25.0 Å². The molecule has 3 aromatic rings. The van der Waals surface area contributed by atoms with Gasteiger partial charge in [-0.3, -0.25) is 0 Å². The van der Waals surface area contributed by atoms with E-state index in [2.05, 4.69) is 6.07 Å². The lowest BCUT2D eigenvalue weighted by atomic mass is 10.0. The van der Waals surface area contributed by atoms with Crippen LogP contribution >= 0.6 is 0 Å². The molecular weight excluding hydrogens is 382 g/mol. The van der Waals surface area contributed by atoms with E-state index in [4.69, 9.17) is 19.5 Å². The van der Waals surface area contributed by atoms with Gasteiger partial charge in [-0.25, -0.2) is 4.79 Å². The summed E-state index contributed by atoms with van der Waals surface area (Å²) in [4.78, 5) is 11.7. The molecule has 150 valence electrons. The number of benzene rings is 3. The number of rotatable bonds is 7. The van der Waals surface area contributed by atoms with E-state index in [9.17, 15) is 9.90 Å². The molecule has 0 amide bonds. The van der Waals surface area contributed by atoms with Crippen LogP contribution in [0.2, 0.25) is 0 Å². The summed E-state index contributed by atoms with van der Waals surface area (Å²) in [7, 11) is 1.39. The summed E-state index contributed by atoms with van der Waals surface area (Å²) < 4.78 is 16.8. The molecule has 6 heteroatoms. The zero-order valence-corrected chi connectivity index (χ0v) is 16.5. The number of para-hydroxylation sites is 1. The largest absolute Gasteiger partial charge is 0.503 e. The van der Waals surface area contributed by atoms with Crippen LogP contribution in [0.5, 0.6) is 23.0 Å². The van der Waals surface area contributed by atoms with E-state index >= 15 is 0 Å². The maximum absolute atomic E-state index is 11.7. The summed E-state index contributed by atoms with van der Waals surface area (Å²) in [5, 5.41) is 18.6. The maximum atomic E-state index is 11.7. The Kier molecular flexibility index (Phi) is 6.36. The summed E-state index contributed by atoms with van der Waals surface area (Å²) in [6.07, 6.45) is 1.17. The molecule has 0 saturated heterocycles. The molecule has 0 aliphatic carbocycles. The molecule has 3 rings (SSSR count). The molecule has 0 saturated carbocycles. The number of hydrogen-bond donors (Lipinski definition) is 1. The minimum Gasteiger partial charge on any atom is -0.503 e. The molecule has 0 heterocycles. The quantitative estimate of drug-likeness (QED) is 0.414. The van der Waals surface area contributed by atoms with Crippen LogP contribution in [-0.2, 0) is 9.53 Å². The molecule has 0 radical (unpaired) electrons. The predicted molar refractivity (Wildman–Crippen MR) is 112 cm³/mol. The van der Waals surface area contributed by atoms with Crippen molar-refractivity contribution in [3.63, 3.8) is 0 Å². The van der Waals surface area contributed by atoms with E-state index in [0.717, 1.165) is 5.56 Å². The number of nitriles is 1. The van der Waals surface area contributed by atoms with Crippen LogP contribution in [0.4, 0.5) is 0 Å². The second-order valence-electron chi connectivity index (χ2n) is 6.34. The highest BCUT2D eigenvalue weighted by atomic mass is 16.5. The molecule has 0 aliphatic rings. The van der Waals surface area contributed by atoms with E-state index in [0.29, 0.717) is 34.1 Å². The Balaban J connectivity index is 1.92. The van der Waals surface area contributed by atoms with Gasteiger partial charge < -0.3 is 19.3 Å². The SMILES string of the molecule is CO/C=C(/C(=O)O)c1cccc(C)c1Oc1cccc(Oc2cccc(C#N)c2)c1. The molecule has 3 aromatic carbocycles. The lowest BCUT2D eigenvalue weighted by Crippen LogP contribution is -2.03. The third-order valence-corrected chi connectivity index (χ3v) is 4.19. The maximum Gasteiger partial charge on any atom is 0.339 e. The fraction of sp³-hybridized carbons (Fsp3) is 0.0833. The van der Waals surface area contributed by atoms with Crippen LogP contribution in [0.25, 0.3) is 5.57 Å². The number of carboxylic acids is 1. The number of ether oxygens (including phenoxy) is 3. The molecule has 0 spiro atoms. The highest BCUT2D eigenvalue weighted by molar-refractivity contribution is 6.16. The average molecular weight is 401 g/mol. The van der Waals surface area contributed by atoms with Gasteiger partial charge in [-0.1, -0.05) is 30.3 Å². The van der Waals surface area contributed by atoms with Crippen LogP contribution in [-0.4, -0.2) is 18.2 Å². The Morgan fingerprint density at radius 3 is 2.27 bits per heavy atom. The minimum absolute atomic E-state index is 0.0167. The summed E-state index contributed by atoms with van der Waals surface area (Å²) in [6.45, 7) is 1.83. The summed E-state index contributed by atoms with van der Waals surface area (Å²) in [5.74, 6) is 0.804. The van der Waals surface area contributed by atoms with E-state index in [1.54, 1.807) is 60.7 Å². The minimum atomic E-state index is -1.12. The normalized spacial score (nSPS) is 10.8. The molecule has 1 N–H and O–H groups in total. The molecule has 30 heavy (non-hydrogen) atoms. The zero-order valence-electron chi connectivity index (χ0n) is 16.5. The Bertz CT molecular complexity index is 1140. The molecule has 0 atom stereocenters. The van der Waals surface area contributed by atoms with Crippen molar-refractivity contribution >= 4 is 11.5 Å². The molecule has 0 aromatic heterocycles. The van der Waals surface area contributed by atoms with E-state index in [-0.39, 0.29) is 5.57 Å². The van der Waals surface area contributed by atoms with Gasteiger partial charge in [-0.2, -0.15) is 5.26 Å². The second kappa shape index (κ2) is 9.30. The number of aliphatic carboxylic acids is 1. The van der Waals surface area contributed by atoms with Crippen molar-refractivity contribution in [2.24, 2.45) is 0 Å². The van der Waals surface area contributed by atoms with Gasteiger partial charge in [0.25, 0.3) is 0 Å². The molecule has 0 bridgehead atoms. The highest BCUT2D eigenvalue weighted by Crippen LogP contribution is 2.35. The topological polar surface area (TPSA) is 88.8 Å². The zero-order chi connectivity index (χ0) is 21.5. The predicted octanol–water partition coefficient (Wildman–Crippen LogP) is 5.52. The molecule has 6 nitrogen and oxygen atoms in total. The van der Waals surface area contributed by atoms with Gasteiger partial charge in [-0.15, -0.1) is 0 Å². The van der Waals surface area contributed by atoms with Crippen molar-refractivity contribution < 1.29 is 24.1 Å². The summed E-state index contributed by atoms with van der Waals surface area (Å²) in [5.41, 5.74) is 1.65. The third-order valence-electron chi connectivity index (χ3n) is 4.19. The van der Waals surface area contributed by atoms with Gasteiger partial charge in [0.1, 0.15) is 28.6 Å². The van der Waals surface area contributed by atoms with E-state index in [1.807, 2.05) is 13.0 Å². The lowest BCUT2D eigenvalue weighted by Gasteiger charge is -2.15. The van der Waals surface area contributed by atoms with Crippen LogP contribution in [0.15, 0.2) is 73.0 Å². The van der Waals surface area contributed by atoms with Crippen LogP contribution in [0.1, 0.15) is 16.7 Å². The fourth-order valence-corrected chi connectivity index (χ4v) is 2.83. The highest BCUT2D eigenvalue weighted by Gasteiger charge is 2.18. The van der Waals surface area contributed by atoms with E-state index in [1.165, 1.54) is 13.4 Å². The molecule has 0 fully saturated rings. The van der Waals surface area contributed by atoms with Crippen molar-refractivity contribution in [3.05, 3.63) is 89.7 Å². The van der Waals surface area contributed by atoms with Gasteiger partial charge >= 0.3 is 5.97 Å². The van der Waals surface area contributed by atoms with Crippen molar-refractivity contribution in [2.75, 3.05) is 7.11 Å². The van der Waals surface area contributed by atoms with Gasteiger partial charge in [0.15, 0.2) is 0 Å². The summed E-state index contributed by atoms with van der Waals surface area (Å²) >= 11 is 0. The lowest BCUT2D eigenvalue weighted by molar-refractivity contribution is -0.130. The number of carboxylic acid groups (broad SMARTS) is 1. The number of aryl methyl sites for hydroxylation is 1. The molecule has 0 aliphatic heterocycles. The van der Waals surface area contributed by atoms with Crippen LogP contribution < -0.4 is 9.47 Å². The summed E-state index contributed by atoms with van der Waals surface area (Å²) in [6, 6.07) is 21.1. The standard InChI is InChI=1S/C24H19NO5/c1-16-6-3-11-21(22(15-28-2)24(26)27)23(16)30-20-10-5-9-19(13-20)29-18-8-4-7-17(12-18)14-25/h3-13,15H,1-2H3,(H,26,27)/b22-15+. The first-order valence-electron chi connectivity index (χ1n) is 9.04. The number of nitrogens with zero attached hydrogens (tertiary/aromatic N) is 1. The van der Waals surface area contributed by atoms with E-state index < -0.39 is 5.97 Å². The van der Waals surface area contributed by atoms with Crippen molar-refractivity contribution in [1.29, 1.82) is 5.26 Å². The smallest absolute Gasteiger partial charge is 0.339 e. The first-order valence-corrected chi connectivity index (χ1v) is 9.04. The number of carbonyl (C=O) groups is 1. The Hall–Kier alpha value is -4.24. The van der Waals surface area contributed by atoms with Gasteiger partial charge in [-0.05, 0) is 42.8 Å². The Morgan fingerprint density at radius 1 is 0.967 bits per heavy atom. The third kappa shape index (κ3) is 4.78. The van der Waals surface area contributed by atoms with Crippen LogP contribution in [0.3, 0.4) is 0 Å². The molecular formula is C24H19NO5. The number of methoxy groups -OCH3 is 1. The monoisotopic (exact) mass is 401 g/mol. The van der Waals surface area contributed by atoms with Gasteiger partial charge in [0, 0.05) is 11.6 Å². The first kappa shape index (κ1) is 20.5. The Labute approximate surface area is 174 Å². The van der Waals surface area contributed by atoms with Crippen molar-refractivity contribution in [1.82, 2.24) is 0 Å².